The fourth-order valence-corrected chi connectivity index (χ4v) is 4.35. The number of allylic oxidation sites excluding steroid dienone is 1. The van der Waals surface area contributed by atoms with Gasteiger partial charge in [0.1, 0.15) is 52.6 Å². The molecule has 5 rings (SSSR count). The predicted octanol–water partition coefficient (Wildman–Crippen LogP) is 5.85. The highest BCUT2D eigenvalue weighted by Gasteiger charge is 2.31. The highest BCUT2D eigenvalue weighted by molar-refractivity contribution is 5.94. The molecule has 7 nitrogen and oxygen atoms in total. The van der Waals surface area contributed by atoms with Crippen LogP contribution in [0.1, 0.15) is 33.0 Å². The summed E-state index contributed by atoms with van der Waals surface area (Å²) in [7, 11) is 1.48. The van der Waals surface area contributed by atoms with Crippen molar-refractivity contribution in [3.63, 3.8) is 0 Å². The molecule has 0 radical (unpaired) electrons. The van der Waals surface area contributed by atoms with Crippen molar-refractivity contribution in [2.24, 2.45) is 5.73 Å². The molecule has 39 heavy (non-hydrogen) atoms. The maximum atomic E-state index is 13.2. The first-order valence-corrected chi connectivity index (χ1v) is 12.0. The minimum Gasteiger partial charge on any atom is -0.496 e. The van der Waals surface area contributed by atoms with E-state index in [0.717, 1.165) is 11.1 Å². The molecule has 4 aromatic rings. The van der Waals surface area contributed by atoms with Crippen LogP contribution in [0.5, 0.6) is 23.0 Å². The van der Waals surface area contributed by atoms with E-state index in [1.54, 1.807) is 60.7 Å². The van der Waals surface area contributed by atoms with Crippen molar-refractivity contribution in [1.82, 2.24) is 0 Å². The van der Waals surface area contributed by atoms with Crippen LogP contribution >= 0.6 is 0 Å². The number of esters is 1. The zero-order valence-corrected chi connectivity index (χ0v) is 20.9. The van der Waals surface area contributed by atoms with Crippen LogP contribution in [-0.4, -0.2) is 13.1 Å². The van der Waals surface area contributed by atoms with Crippen molar-refractivity contribution in [2.45, 2.75) is 12.5 Å². The Morgan fingerprint density at radius 3 is 2.56 bits per heavy atom. The summed E-state index contributed by atoms with van der Waals surface area (Å²) >= 11 is 0. The number of carbonyl (C=O) groups is 1. The number of carbonyl (C=O) groups excluding carboxylic acids is 1. The minimum atomic E-state index is -0.591. The lowest BCUT2D eigenvalue weighted by Gasteiger charge is -2.27. The summed E-state index contributed by atoms with van der Waals surface area (Å²) < 4.78 is 35.7. The number of methoxy groups -OCH3 is 1. The van der Waals surface area contributed by atoms with Crippen LogP contribution in [-0.2, 0) is 6.61 Å². The Morgan fingerprint density at radius 2 is 1.79 bits per heavy atom. The SMILES string of the molecule is COc1ccccc1C(=O)Oc1ccc2c(c1)OC(N)=C(C#N)C2c1cccc(OCc2ccc(F)cc2)c1. The molecule has 4 aromatic carbocycles. The predicted molar refractivity (Wildman–Crippen MR) is 141 cm³/mol. The lowest BCUT2D eigenvalue weighted by Crippen LogP contribution is -2.21. The summed E-state index contributed by atoms with van der Waals surface area (Å²) in [4.78, 5) is 12.8. The molecule has 8 heteroatoms. The first-order chi connectivity index (χ1) is 19.0. The quantitative estimate of drug-likeness (QED) is 0.240. The average molecular weight is 523 g/mol. The molecule has 2 N–H and O–H groups in total. The number of benzene rings is 4. The molecule has 0 saturated carbocycles. The lowest BCUT2D eigenvalue weighted by atomic mass is 9.83. The summed E-state index contributed by atoms with van der Waals surface area (Å²) in [6.07, 6.45) is 0. The number of nitrogens with zero attached hydrogens (tertiary/aromatic N) is 1. The molecule has 1 atom stereocenters. The molecule has 0 saturated heterocycles. The molecule has 0 aliphatic carbocycles. The number of rotatable bonds is 7. The number of fused-ring (bicyclic) bond motifs is 1. The molecule has 0 bridgehead atoms. The number of nitrogens with two attached hydrogens (primary N) is 1. The van der Waals surface area contributed by atoms with E-state index in [9.17, 15) is 14.4 Å². The Labute approximate surface area is 224 Å². The topological polar surface area (TPSA) is 104 Å². The fourth-order valence-electron chi connectivity index (χ4n) is 4.35. The van der Waals surface area contributed by atoms with E-state index in [1.807, 2.05) is 18.2 Å². The van der Waals surface area contributed by atoms with Crippen LogP contribution < -0.4 is 24.7 Å². The molecular formula is C31H23FN2O5. The van der Waals surface area contributed by atoms with Gasteiger partial charge >= 0.3 is 5.97 Å². The van der Waals surface area contributed by atoms with Crippen LogP contribution in [0.25, 0.3) is 0 Å². The smallest absolute Gasteiger partial charge is 0.347 e. The van der Waals surface area contributed by atoms with Gasteiger partial charge in [0.05, 0.1) is 13.0 Å². The number of para-hydroxylation sites is 1. The molecule has 1 aliphatic heterocycles. The third kappa shape index (κ3) is 5.38. The van der Waals surface area contributed by atoms with E-state index in [2.05, 4.69) is 6.07 Å². The van der Waals surface area contributed by atoms with E-state index >= 15 is 0 Å². The molecule has 0 aromatic heterocycles. The van der Waals surface area contributed by atoms with Crippen molar-refractivity contribution in [3.8, 4) is 29.1 Å². The summed E-state index contributed by atoms with van der Waals surface area (Å²) in [6.45, 7) is 0.248. The molecule has 1 aliphatic rings. The van der Waals surface area contributed by atoms with E-state index in [4.69, 9.17) is 24.7 Å². The summed E-state index contributed by atoms with van der Waals surface area (Å²) in [6, 6.07) is 27.2. The Hall–Kier alpha value is -5.29. The molecule has 1 unspecified atom stereocenters. The third-order valence-corrected chi connectivity index (χ3v) is 6.24. The van der Waals surface area contributed by atoms with Crippen LogP contribution in [0.15, 0.2) is 102 Å². The first-order valence-electron chi connectivity index (χ1n) is 12.0. The summed E-state index contributed by atoms with van der Waals surface area (Å²) in [5.74, 6) is 0.0876. The maximum absolute atomic E-state index is 13.2. The Bertz CT molecular complexity index is 1610. The lowest BCUT2D eigenvalue weighted by molar-refractivity contribution is 0.0731. The molecule has 0 spiro atoms. The van der Waals surface area contributed by atoms with E-state index in [-0.39, 0.29) is 35.2 Å². The zero-order valence-electron chi connectivity index (χ0n) is 20.9. The summed E-state index contributed by atoms with van der Waals surface area (Å²) in [5, 5.41) is 9.90. The van der Waals surface area contributed by atoms with E-state index in [0.29, 0.717) is 22.8 Å². The van der Waals surface area contributed by atoms with Crippen molar-refractivity contribution in [3.05, 3.63) is 131 Å². The normalized spacial score (nSPS) is 14.0. The van der Waals surface area contributed by atoms with Crippen molar-refractivity contribution >= 4 is 5.97 Å². The van der Waals surface area contributed by atoms with Gasteiger partial charge in [0, 0.05) is 11.6 Å². The molecule has 1 heterocycles. The Kier molecular flexibility index (Phi) is 7.15. The van der Waals surface area contributed by atoms with Gasteiger partial charge in [0.15, 0.2) is 0 Å². The highest BCUT2D eigenvalue weighted by atomic mass is 19.1. The van der Waals surface area contributed by atoms with Crippen LogP contribution in [0.4, 0.5) is 4.39 Å². The van der Waals surface area contributed by atoms with Crippen molar-refractivity contribution in [1.29, 1.82) is 5.26 Å². The second kappa shape index (κ2) is 11.0. The van der Waals surface area contributed by atoms with Gasteiger partial charge in [-0.3, -0.25) is 0 Å². The van der Waals surface area contributed by atoms with Gasteiger partial charge in [0.25, 0.3) is 0 Å². The van der Waals surface area contributed by atoms with Gasteiger partial charge in [-0.15, -0.1) is 0 Å². The van der Waals surface area contributed by atoms with Gasteiger partial charge in [-0.1, -0.05) is 42.5 Å². The van der Waals surface area contributed by atoms with Crippen molar-refractivity contribution < 1.29 is 28.1 Å². The molecule has 0 fully saturated rings. The minimum absolute atomic E-state index is 0.0409. The van der Waals surface area contributed by atoms with Gasteiger partial charge in [0.2, 0.25) is 5.88 Å². The number of hydrogen-bond acceptors (Lipinski definition) is 7. The third-order valence-electron chi connectivity index (χ3n) is 6.24. The van der Waals surface area contributed by atoms with E-state index in [1.165, 1.54) is 19.2 Å². The highest BCUT2D eigenvalue weighted by Crippen LogP contribution is 2.44. The van der Waals surface area contributed by atoms with Crippen LogP contribution in [0.3, 0.4) is 0 Å². The number of nitriles is 1. The average Bonchev–Trinajstić information content (AvgIpc) is 2.96. The number of halogens is 1. The Morgan fingerprint density at radius 1 is 1.00 bits per heavy atom. The second-order valence-electron chi connectivity index (χ2n) is 8.70. The number of hydrogen-bond donors (Lipinski definition) is 1. The van der Waals surface area contributed by atoms with Gasteiger partial charge in [-0.2, -0.15) is 5.26 Å². The van der Waals surface area contributed by atoms with Crippen molar-refractivity contribution in [2.75, 3.05) is 7.11 Å². The Balaban J connectivity index is 1.42. The molecule has 194 valence electrons. The fraction of sp³-hybridized carbons (Fsp3) is 0.0968. The van der Waals surface area contributed by atoms with Gasteiger partial charge < -0.3 is 24.7 Å². The first kappa shape index (κ1) is 25.4. The maximum Gasteiger partial charge on any atom is 0.347 e. The zero-order chi connectivity index (χ0) is 27.4. The monoisotopic (exact) mass is 522 g/mol. The van der Waals surface area contributed by atoms with Gasteiger partial charge in [-0.05, 0) is 53.6 Å². The number of ether oxygens (including phenoxy) is 4. The standard InChI is InChI=1S/C31H23FN2O5/c1-36-27-8-3-2-7-25(27)31(35)38-23-13-14-24-28(16-23)39-30(34)26(17-33)29(24)20-5-4-6-22(15-20)37-18-19-9-11-21(32)12-10-19/h2-16,29H,18,34H2,1H3. The van der Waals surface area contributed by atoms with Crippen LogP contribution in [0.2, 0.25) is 0 Å². The second-order valence-corrected chi connectivity index (χ2v) is 8.70. The molecule has 0 amide bonds. The molecular weight excluding hydrogens is 499 g/mol. The largest absolute Gasteiger partial charge is 0.496 e. The van der Waals surface area contributed by atoms with Crippen LogP contribution in [0, 0.1) is 17.1 Å². The van der Waals surface area contributed by atoms with Gasteiger partial charge in [-0.25, -0.2) is 9.18 Å². The van der Waals surface area contributed by atoms with E-state index < -0.39 is 11.9 Å². The summed E-state index contributed by atoms with van der Waals surface area (Å²) in [5.41, 5.74) is 8.92.